The molecule has 9 heteroatoms. The van der Waals surface area contributed by atoms with Crippen LogP contribution in [0.4, 0.5) is 0 Å². The summed E-state index contributed by atoms with van der Waals surface area (Å²) in [5.74, 6) is -0.131. The number of phosphoric ester groups is 1. The molecule has 3 atom stereocenters. The number of nitrogens with zero attached hydrogens (tertiary/aromatic N) is 1. The topological polar surface area (TPSA) is 105 Å². The molecule has 0 aromatic carbocycles. The first-order valence-electron chi connectivity index (χ1n) is 39.9. The molecule has 0 aromatic rings. The van der Waals surface area contributed by atoms with Crippen LogP contribution in [0.25, 0.3) is 0 Å². The van der Waals surface area contributed by atoms with Crippen molar-refractivity contribution in [1.82, 2.24) is 5.32 Å². The Hall–Kier alpha value is -0.500. The van der Waals surface area contributed by atoms with Crippen LogP contribution in [-0.4, -0.2) is 73.4 Å². The van der Waals surface area contributed by atoms with E-state index in [4.69, 9.17) is 9.05 Å². The molecule has 0 saturated heterocycles. The first-order chi connectivity index (χ1) is 42.5. The summed E-state index contributed by atoms with van der Waals surface area (Å²) in [5.41, 5.74) is 0. The predicted octanol–water partition coefficient (Wildman–Crippen LogP) is 25.8. The van der Waals surface area contributed by atoms with Gasteiger partial charge in [-0.15, -0.1) is 0 Å². The zero-order valence-corrected chi connectivity index (χ0v) is 61.0. The third kappa shape index (κ3) is 72.8. The maximum Gasteiger partial charge on any atom is 0.472 e. The zero-order chi connectivity index (χ0) is 63.4. The number of hydrogen-bond donors (Lipinski definition) is 3. The molecule has 0 bridgehead atoms. The van der Waals surface area contributed by atoms with E-state index in [1.54, 1.807) is 0 Å². The van der Waals surface area contributed by atoms with Gasteiger partial charge in [-0.1, -0.05) is 425 Å². The van der Waals surface area contributed by atoms with E-state index in [-0.39, 0.29) is 19.1 Å². The summed E-state index contributed by atoms with van der Waals surface area (Å²) >= 11 is 0. The molecule has 0 aliphatic heterocycles. The highest BCUT2D eigenvalue weighted by atomic mass is 31.2. The van der Waals surface area contributed by atoms with Crippen molar-refractivity contribution in [3.8, 4) is 0 Å². The summed E-state index contributed by atoms with van der Waals surface area (Å²) in [6.45, 7) is 4.98. The molecular weight excluding hydrogens is 1090 g/mol. The Balaban J connectivity index is 3.89. The minimum absolute atomic E-state index is 0.0796. The molecule has 0 aliphatic carbocycles. The van der Waals surface area contributed by atoms with Crippen LogP contribution in [0.5, 0.6) is 0 Å². The van der Waals surface area contributed by atoms with Crippen LogP contribution in [0.2, 0.25) is 0 Å². The smallest absolute Gasteiger partial charge is 0.391 e. The number of likely N-dealkylation sites (N-methyl/N-ethyl adjacent to an activating group) is 1. The van der Waals surface area contributed by atoms with Crippen molar-refractivity contribution in [2.45, 2.75) is 456 Å². The van der Waals surface area contributed by atoms with Gasteiger partial charge in [0.25, 0.3) is 0 Å². The first kappa shape index (κ1) is 86.5. The van der Waals surface area contributed by atoms with E-state index in [1.165, 1.54) is 379 Å². The number of unbranched alkanes of at least 4 members (excludes halogenated alkanes) is 63. The highest BCUT2D eigenvalue weighted by Crippen LogP contribution is 2.43. The number of carbonyl (C=O) groups is 1. The van der Waals surface area contributed by atoms with E-state index >= 15 is 0 Å². The van der Waals surface area contributed by atoms with Crippen molar-refractivity contribution in [2.24, 2.45) is 0 Å². The second-order valence-corrected chi connectivity index (χ2v) is 30.6. The minimum atomic E-state index is -4.33. The molecule has 0 radical (unpaired) electrons. The third-order valence-corrected chi connectivity index (χ3v) is 20.1. The van der Waals surface area contributed by atoms with Crippen LogP contribution in [0, 0.1) is 0 Å². The van der Waals surface area contributed by atoms with Crippen LogP contribution in [-0.2, 0) is 18.4 Å². The van der Waals surface area contributed by atoms with E-state index in [0.717, 1.165) is 38.5 Å². The van der Waals surface area contributed by atoms with Crippen LogP contribution in [0.15, 0.2) is 0 Å². The maximum absolute atomic E-state index is 13.1. The molecule has 0 saturated carbocycles. The number of quaternary nitrogens is 1. The number of nitrogens with one attached hydrogen (secondary N) is 1. The molecule has 0 heterocycles. The summed E-state index contributed by atoms with van der Waals surface area (Å²) in [5, 5.41) is 14.2. The molecule has 1 amide bonds. The fraction of sp³-hybridized carbons (Fsp3) is 0.987. The number of aliphatic hydroxyl groups is 1. The Kier molecular flexibility index (Phi) is 69.4. The predicted molar refractivity (Wildman–Crippen MR) is 383 cm³/mol. The molecule has 0 aliphatic rings. The number of hydrogen-bond acceptors (Lipinski definition) is 5. The lowest BCUT2D eigenvalue weighted by molar-refractivity contribution is -0.870. The van der Waals surface area contributed by atoms with Crippen LogP contribution in [0.3, 0.4) is 0 Å². The van der Waals surface area contributed by atoms with Crippen LogP contribution < -0.4 is 5.32 Å². The van der Waals surface area contributed by atoms with Crippen LogP contribution >= 0.6 is 7.82 Å². The molecule has 522 valence electrons. The normalized spacial score (nSPS) is 13.4. The van der Waals surface area contributed by atoms with E-state index in [0.29, 0.717) is 23.9 Å². The van der Waals surface area contributed by atoms with Crippen LogP contribution in [0.1, 0.15) is 444 Å². The quantitative estimate of drug-likeness (QED) is 0.0318. The average Bonchev–Trinajstić information content (AvgIpc) is 3.70. The largest absolute Gasteiger partial charge is 0.472 e. The van der Waals surface area contributed by atoms with Gasteiger partial charge in [0.2, 0.25) is 5.91 Å². The molecule has 0 spiro atoms. The Morgan fingerprint density at radius 2 is 0.552 bits per heavy atom. The summed E-state index contributed by atoms with van der Waals surface area (Å²) in [4.78, 5) is 23.5. The van der Waals surface area contributed by atoms with Crippen molar-refractivity contribution >= 4 is 13.7 Å². The van der Waals surface area contributed by atoms with Gasteiger partial charge < -0.3 is 19.8 Å². The Labute approximate surface area is 546 Å². The van der Waals surface area contributed by atoms with E-state index < -0.39 is 20.0 Å². The van der Waals surface area contributed by atoms with Gasteiger partial charge in [0.05, 0.1) is 39.9 Å². The zero-order valence-electron chi connectivity index (χ0n) is 60.1. The Morgan fingerprint density at radius 3 is 0.770 bits per heavy atom. The minimum Gasteiger partial charge on any atom is -0.391 e. The number of amides is 1. The number of phosphoric acid groups is 1. The third-order valence-electron chi connectivity index (χ3n) is 19.1. The second-order valence-electron chi connectivity index (χ2n) is 29.2. The summed E-state index contributed by atoms with van der Waals surface area (Å²) in [6, 6.07) is -0.758. The van der Waals surface area contributed by atoms with Crippen molar-refractivity contribution < 1.29 is 32.9 Å². The van der Waals surface area contributed by atoms with Gasteiger partial charge in [0.15, 0.2) is 0 Å². The second kappa shape index (κ2) is 69.8. The van der Waals surface area contributed by atoms with Gasteiger partial charge in [-0.05, 0) is 12.8 Å². The molecular formula is C78H160N2O6P+. The number of rotatable bonds is 76. The van der Waals surface area contributed by atoms with E-state index in [2.05, 4.69) is 19.2 Å². The molecule has 0 fully saturated rings. The lowest BCUT2D eigenvalue weighted by atomic mass is 10.0. The van der Waals surface area contributed by atoms with Crippen molar-refractivity contribution in [3.05, 3.63) is 0 Å². The van der Waals surface area contributed by atoms with Gasteiger partial charge >= 0.3 is 7.82 Å². The van der Waals surface area contributed by atoms with Gasteiger partial charge in [0.1, 0.15) is 13.2 Å². The molecule has 0 rings (SSSR count). The van der Waals surface area contributed by atoms with Crippen molar-refractivity contribution in [3.63, 3.8) is 0 Å². The first-order valence-corrected chi connectivity index (χ1v) is 41.4. The number of carbonyl (C=O) groups excluding carboxylic acids is 1. The van der Waals surface area contributed by atoms with E-state index in [1.807, 2.05) is 21.1 Å². The highest BCUT2D eigenvalue weighted by Gasteiger charge is 2.28. The molecule has 3 unspecified atom stereocenters. The Morgan fingerprint density at radius 1 is 0.345 bits per heavy atom. The maximum atomic E-state index is 13.1. The lowest BCUT2D eigenvalue weighted by Crippen LogP contribution is -2.46. The highest BCUT2D eigenvalue weighted by molar-refractivity contribution is 7.47. The fourth-order valence-electron chi connectivity index (χ4n) is 12.9. The summed E-state index contributed by atoms with van der Waals surface area (Å²) < 4.78 is 24.0. The molecule has 3 N–H and O–H groups in total. The van der Waals surface area contributed by atoms with Gasteiger partial charge in [-0.25, -0.2) is 4.57 Å². The van der Waals surface area contributed by atoms with Crippen molar-refractivity contribution in [1.29, 1.82) is 0 Å². The van der Waals surface area contributed by atoms with Gasteiger partial charge in [-0.2, -0.15) is 0 Å². The lowest BCUT2D eigenvalue weighted by Gasteiger charge is -2.26. The molecule has 0 aromatic heterocycles. The molecule has 8 nitrogen and oxygen atoms in total. The van der Waals surface area contributed by atoms with Gasteiger partial charge in [0, 0.05) is 6.42 Å². The fourth-order valence-corrected chi connectivity index (χ4v) is 13.7. The summed E-state index contributed by atoms with van der Waals surface area (Å²) in [7, 11) is 1.65. The monoisotopic (exact) mass is 1250 g/mol. The van der Waals surface area contributed by atoms with Crippen molar-refractivity contribution in [2.75, 3.05) is 40.9 Å². The number of aliphatic hydroxyl groups excluding tert-OH is 1. The Bertz CT molecular complexity index is 1380. The molecule has 87 heavy (non-hydrogen) atoms. The standard InChI is InChI=1S/C78H159N2O6P/c1-6-8-10-12-14-16-18-20-22-24-26-28-30-32-34-36-38-39-40-41-42-44-46-48-50-52-54-56-58-60-62-64-66-68-70-72-78(82)79-76(75-86-87(83,84)85-74-73-80(3,4)5)77(81)71-69-67-65-63-61-59-57-55-53-51-49-47-45-43-37-35-33-31-29-27-25-23-21-19-17-15-13-11-9-7-2/h76-77,81H,6-75H2,1-5H3,(H-,79,82,83,84)/p+1. The summed E-state index contributed by atoms with van der Waals surface area (Å²) in [6.07, 6.45) is 89.7. The average molecular weight is 1250 g/mol. The SMILES string of the molecule is CCCCCCCCCCCCCCCCCCCCCCCCCCCCCCCCCCCCCC(=O)NC(COP(=O)(O)OCC[N+](C)(C)C)C(O)CCCCCCCCCCCCCCCCCCCCCCCCCCCCCCCC. The van der Waals surface area contributed by atoms with E-state index in [9.17, 15) is 19.4 Å². The van der Waals surface area contributed by atoms with Gasteiger partial charge in [-0.3, -0.25) is 13.8 Å².